The number of H-pyrrole nitrogens is 1. The smallest absolute Gasteiger partial charge is 0.351 e. The monoisotopic (exact) mass is 581 g/mol. The number of thioether (sulfide) groups is 1. The van der Waals surface area contributed by atoms with Gasteiger partial charge in [-0.3, -0.25) is 9.89 Å². The van der Waals surface area contributed by atoms with Crippen molar-refractivity contribution < 1.29 is 31.1 Å². The number of nitrogens with zero attached hydrogens (tertiary/aromatic N) is 4. The Balaban J connectivity index is 1.57. The highest BCUT2D eigenvalue weighted by Gasteiger charge is 2.39. The number of allylic oxidation sites excluding steroid dienone is 1. The van der Waals surface area contributed by atoms with Gasteiger partial charge in [0.2, 0.25) is 0 Å². The van der Waals surface area contributed by atoms with Crippen molar-refractivity contribution in [3.63, 3.8) is 0 Å². The first-order valence-corrected chi connectivity index (χ1v) is 13.3. The number of fused-ring (bicyclic) bond motifs is 1. The van der Waals surface area contributed by atoms with E-state index in [0.29, 0.717) is 27.7 Å². The number of carbonyl (C=O) groups excluding carboxylic acids is 1. The predicted molar refractivity (Wildman–Crippen MR) is 141 cm³/mol. The highest BCUT2D eigenvalue weighted by Crippen LogP contribution is 2.42. The molecule has 2 aromatic carbocycles. The van der Waals surface area contributed by atoms with E-state index in [2.05, 4.69) is 20.1 Å². The van der Waals surface area contributed by atoms with Crippen LogP contribution < -0.4 is 0 Å². The fraction of sp³-hybridized carbons (Fsp3) is 0.370. The van der Waals surface area contributed by atoms with E-state index < -0.39 is 35.8 Å². The van der Waals surface area contributed by atoms with Crippen molar-refractivity contribution in [2.75, 3.05) is 27.2 Å². The van der Waals surface area contributed by atoms with Crippen molar-refractivity contribution in [3.05, 3.63) is 69.8 Å². The summed E-state index contributed by atoms with van der Waals surface area (Å²) in [6, 6.07) is 6.75. The van der Waals surface area contributed by atoms with Gasteiger partial charge in [0.1, 0.15) is 0 Å². The Labute approximate surface area is 230 Å². The Morgan fingerprint density at radius 3 is 2.48 bits per heavy atom. The fourth-order valence-corrected chi connectivity index (χ4v) is 6.03. The number of piperidine rings is 1. The van der Waals surface area contributed by atoms with Crippen molar-refractivity contribution in [1.82, 2.24) is 20.0 Å². The number of aromatic nitrogens is 2. The Kier molecular flexibility index (Phi) is 7.47. The molecule has 0 spiro atoms. The molecule has 0 saturated carbocycles. The zero-order valence-corrected chi connectivity index (χ0v) is 22.3. The number of amidine groups is 1. The number of halogens is 6. The molecular weight excluding hydrogens is 556 g/mol. The maximum Gasteiger partial charge on any atom is 0.416 e. The van der Waals surface area contributed by atoms with E-state index >= 15 is 0 Å². The molecule has 2 aliphatic rings. The van der Waals surface area contributed by atoms with Crippen LogP contribution in [-0.4, -0.2) is 64.3 Å². The molecule has 0 aliphatic carbocycles. The van der Waals surface area contributed by atoms with E-state index in [-0.39, 0.29) is 28.1 Å². The molecule has 0 atom stereocenters. The predicted octanol–water partition coefficient (Wildman–Crippen LogP) is 6.21. The molecule has 3 heterocycles. The number of carbonyl (C=O) groups is 1. The number of alkyl halides is 6. The number of amides is 1. The molecule has 0 radical (unpaired) electrons. The lowest BCUT2D eigenvalue weighted by atomic mass is 9.92. The lowest BCUT2D eigenvalue weighted by molar-refractivity contribution is -0.143. The number of aliphatic imine (C=N–C) groups is 1. The molecule has 0 unspecified atom stereocenters. The molecule has 13 heteroatoms. The molecule has 1 N–H and O–H groups in total. The summed E-state index contributed by atoms with van der Waals surface area (Å²) in [5, 5.41) is 7.88. The van der Waals surface area contributed by atoms with Crippen LogP contribution in [0.2, 0.25) is 0 Å². The third kappa shape index (κ3) is 5.75. The maximum atomic E-state index is 14.0. The molecule has 1 amide bonds. The van der Waals surface area contributed by atoms with Crippen LogP contribution in [0, 0.1) is 0 Å². The minimum absolute atomic E-state index is 0.121. The molecule has 3 aromatic rings. The standard InChI is InChI=1S/C27H25F6N5OS/c1-37-9-7-19(8-10-37)38(2)25-35-24(39)23(40-25)20(15-4-6-22-17(11-15)14-34-36-22)12-16-3-5-18(26(28,29)30)13-21(16)27(31,32)33/h3-6,11,13-14,19H,7-10,12H2,1-2H3,(H,34,36). The third-order valence-electron chi connectivity index (χ3n) is 7.29. The van der Waals surface area contributed by atoms with Gasteiger partial charge in [-0.15, -0.1) is 0 Å². The zero-order valence-electron chi connectivity index (χ0n) is 21.5. The number of benzene rings is 2. The number of hydrogen-bond donors (Lipinski definition) is 1. The zero-order chi connectivity index (χ0) is 28.8. The van der Waals surface area contributed by atoms with Crippen molar-refractivity contribution in [2.45, 2.75) is 37.7 Å². The number of nitrogens with one attached hydrogen (secondary N) is 1. The quantitative estimate of drug-likeness (QED) is 0.293. The minimum Gasteiger partial charge on any atom is -0.351 e. The van der Waals surface area contributed by atoms with Crippen molar-refractivity contribution in [3.8, 4) is 0 Å². The summed E-state index contributed by atoms with van der Waals surface area (Å²) in [6.07, 6.45) is -7.13. The molecule has 5 rings (SSSR count). The SMILES string of the molecule is CN1CCC(N(C)C2=NC(=O)C(=C(Cc3ccc(C(F)(F)F)cc3C(F)(F)F)c3ccc4[nH]ncc4c3)S2)CC1. The average molecular weight is 582 g/mol. The number of hydrogen-bond acceptors (Lipinski definition) is 5. The first kappa shape index (κ1) is 28.2. The minimum atomic E-state index is -5.04. The summed E-state index contributed by atoms with van der Waals surface area (Å²) < 4.78 is 81.8. The summed E-state index contributed by atoms with van der Waals surface area (Å²) >= 11 is 1.08. The highest BCUT2D eigenvalue weighted by atomic mass is 32.2. The van der Waals surface area contributed by atoms with E-state index in [9.17, 15) is 31.1 Å². The van der Waals surface area contributed by atoms with Crippen molar-refractivity contribution >= 4 is 39.3 Å². The van der Waals surface area contributed by atoms with Gasteiger partial charge in [-0.05, 0) is 92.1 Å². The normalized spacial score (nSPS) is 18.9. The van der Waals surface area contributed by atoms with E-state index in [1.165, 1.54) is 0 Å². The lowest BCUT2D eigenvalue weighted by Crippen LogP contribution is -2.43. The summed E-state index contributed by atoms with van der Waals surface area (Å²) in [6.45, 7) is 1.77. The van der Waals surface area contributed by atoms with Crippen LogP contribution >= 0.6 is 11.8 Å². The van der Waals surface area contributed by atoms with E-state index in [1.807, 2.05) is 19.0 Å². The largest absolute Gasteiger partial charge is 0.416 e. The Morgan fingerprint density at radius 1 is 1.07 bits per heavy atom. The van der Waals surface area contributed by atoms with Crippen molar-refractivity contribution in [2.24, 2.45) is 4.99 Å². The topological polar surface area (TPSA) is 64.6 Å². The summed E-state index contributed by atoms with van der Waals surface area (Å²) in [4.78, 5) is 21.7. The number of rotatable bonds is 4. The van der Waals surface area contributed by atoms with Gasteiger partial charge in [-0.25, -0.2) is 0 Å². The lowest BCUT2D eigenvalue weighted by Gasteiger charge is -2.35. The molecule has 1 saturated heterocycles. The number of aromatic amines is 1. The van der Waals surface area contributed by atoms with Crippen molar-refractivity contribution in [1.29, 1.82) is 0 Å². The molecule has 40 heavy (non-hydrogen) atoms. The van der Waals surface area contributed by atoms with Gasteiger partial charge in [-0.1, -0.05) is 12.1 Å². The molecule has 2 aliphatic heterocycles. The maximum absolute atomic E-state index is 14.0. The van der Waals surface area contributed by atoms with Crippen LogP contribution in [0.25, 0.3) is 16.5 Å². The van der Waals surface area contributed by atoms with Crippen LogP contribution in [0.15, 0.2) is 52.5 Å². The molecule has 212 valence electrons. The van der Waals surface area contributed by atoms with Gasteiger partial charge >= 0.3 is 12.4 Å². The Hall–Kier alpha value is -3.32. The molecule has 1 aromatic heterocycles. The average Bonchev–Trinajstić information content (AvgIpc) is 3.52. The second kappa shape index (κ2) is 10.6. The summed E-state index contributed by atoms with van der Waals surface area (Å²) in [7, 11) is 3.87. The molecular formula is C27H25F6N5OS. The second-order valence-electron chi connectivity index (χ2n) is 9.97. The molecule has 0 bridgehead atoms. The first-order valence-electron chi connectivity index (χ1n) is 12.5. The highest BCUT2D eigenvalue weighted by molar-refractivity contribution is 8.18. The van der Waals surface area contributed by atoms with Gasteiger partial charge in [0.15, 0.2) is 5.17 Å². The van der Waals surface area contributed by atoms with Gasteiger partial charge in [0, 0.05) is 18.5 Å². The molecule has 1 fully saturated rings. The Bertz CT molecular complexity index is 1500. The summed E-state index contributed by atoms with van der Waals surface area (Å²) in [5.41, 5.74) is -1.78. The Morgan fingerprint density at radius 2 is 1.80 bits per heavy atom. The van der Waals surface area contributed by atoms with Crippen LogP contribution in [-0.2, 0) is 23.6 Å². The van der Waals surface area contributed by atoms with Gasteiger partial charge in [0.05, 0.1) is 27.7 Å². The van der Waals surface area contributed by atoms with Crippen LogP contribution in [0.3, 0.4) is 0 Å². The van der Waals surface area contributed by atoms with E-state index in [1.54, 1.807) is 24.4 Å². The van der Waals surface area contributed by atoms with E-state index in [4.69, 9.17) is 0 Å². The first-order chi connectivity index (χ1) is 18.8. The van der Waals surface area contributed by atoms with E-state index in [0.717, 1.165) is 43.8 Å². The third-order valence-corrected chi connectivity index (χ3v) is 8.48. The summed E-state index contributed by atoms with van der Waals surface area (Å²) in [5.74, 6) is -0.595. The van der Waals surface area contributed by atoms with Gasteiger partial charge in [0.25, 0.3) is 5.91 Å². The van der Waals surface area contributed by atoms with Gasteiger partial charge < -0.3 is 9.80 Å². The fourth-order valence-electron chi connectivity index (χ4n) is 4.98. The molecule has 6 nitrogen and oxygen atoms in total. The second-order valence-corrected chi connectivity index (χ2v) is 10.9. The van der Waals surface area contributed by atoms with Crippen LogP contribution in [0.5, 0.6) is 0 Å². The van der Waals surface area contributed by atoms with Gasteiger partial charge in [-0.2, -0.15) is 36.4 Å². The number of likely N-dealkylation sites (tertiary alicyclic amines) is 1. The van der Waals surface area contributed by atoms with Crippen LogP contribution in [0.4, 0.5) is 26.3 Å². The van der Waals surface area contributed by atoms with Crippen LogP contribution in [0.1, 0.15) is 35.1 Å².